The van der Waals surface area contributed by atoms with Gasteiger partial charge in [-0.05, 0) is 29.7 Å². The van der Waals surface area contributed by atoms with E-state index in [1.807, 2.05) is 50.2 Å². The average molecular weight is 423 g/mol. The summed E-state index contributed by atoms with van der Waals surface area (Å²) in [6, 6.07) is 12.6. The summed E-state index contributed by atoms with van der Waals surface area (Å²) >= 11 is 0. The van der Waals surface area contributed by atoms with Crippen LogP contribution < -0.4 is 14.8 Å². The van der Waals surface area contributed by atoms with Crippen molar-refractivity contribution in [1.29, 1.82) is 0 Å². The number of ether oxygens (including phenoxy) is 3. The molecule has 162 valence electrons. The summed E-state index contributed by atoms with van der Waals surface area (Å²) in [7, 11) is 0. The van der Waals surface area contributed by atoms with E-state index in [1.54, 1.807) is 6.07 Å². The number of fused-ring (bicyclic) bond motifs is 2. The van der Waals surface area contributed by atoms with Gasteiger partial charge >= 0.3 is 5.97 Å². The Hall–Kier alpha value is -3.55. The topological polar surface area (TPSA) is 103 Å². The molecule has 2 heterocycles. The van der Waals surface area contributed by atoms with Crippen LogP contribution in [0.1, 0.15) is 42.4 Å². The molecule has 31 heavy (non-hydrogen) atoms. The van der Waals surface area contributed by atoms with Gasteiger partial charge in [0, 0.05) is 11.8 Å². The van der Waals surface area contributed by atoms with Crippen molar-refractivity contribution in [2.75, 3.05) is 19.8 Å². The first kappa shape index (κ1) is 20.7. The highest BCUT2D eigenvalue weighted by molar-refractivity contribution is 6.02. The molecule has 0 saturated carbocycles. The van der Waals surface area contributed by atoms with Crippen LogP contribution in [-0.4, -0.2) is 41.9 Å². The lowest BCUT2D eigenvalue weighted by atomic mass is 9.95. The molecule has 0 spiro atoms. The van der Waals surface area contributed by atoms with Crippen molar-refractivity contribution in [2.45, 2.75) is 26.3 Å². The number of hydrogen-bond donors (Lipinski definition) is 2. The fourth-order valence-electron chi connectivity index (χ4n) is 3.54. The number of benzene rings is 2. The third-order valence-corrected chi connectivity index (χ3v) is 5.11. The van der Waals surface area contributed by atoms with Crippen LogP contribution in [0.25, 0.3) is 10.9 Å². The van der Waals surface area contributed by atoms with Crippen LogP contribution in [0, 0.1) is 5.92 Å². The van der Waals surface area contributed by atoms with Crippen LogP contribution in [0.3, 0.4) is 0 Å². The summed E-state index contributed by atoms with van der Waals surface area (Å²) in [5.74, 6) is 0.449. The quantitative estimate of drug-likeness (QED) is 0.589. The molecule has 3 aromatic rings. The molecule has 2 N–H and O–H groups in total. The molecular formula is C23H25N3O5. The number of nitrogens with zero attached hydrogens (tertiary/aromatic N) is 1. The van der Waals surface area contributed by atoms with Gasteiger partial charge in [-0.3, -0.25) is 9.89 Å². The Bertz CT molecular complexity index is 1090. The highest BCUT2D eigenvalue weighted by Crippen LogP contribution is 2.34. The molecule has 0 radical (unpaired) electrons. The van der Waals surface area contributed by atoms with E-state index in [1.165, 1.54) is 0 Å². The molecule has 4 rings (SSSR count). The van der Waals surface area contributed by atoms with Crippen molar-refractivity contribution in [2.24, 2.45) is 5.92 Å². The number of carbonyl (C=O) groups is 2. The van der Waals surface area contributed by atoms with Crippen molar-refractivity contribution in [3.8, 4) is 11.5 Å². The Labute approximate surface area is 179 Å². The van der Waals surface area contributed by atoms with E-state index in [9.17, 15) is 9.59 Å². The van der Waals surface area contributed by atoms with Gasteiger partial charge in [-0.2, -0.15) is 5.10 Å². The number of hydrogen-bond acceptors (Lipinski definition) is 6. The van der Waals surface area contributed by atoms with Crippen LogP contribution in [0.15, 0.2) is 42.5 Å². The number of amides is 1. The molecule has 0 bridgehead atoms. The summed E-state index contributed by atoms with van der Waals surface area (Å²) < 4.78 is 16.6. The van der Waals surface area contributed by atoms with E-state index >= 15 is 0 Å². The number of nitrogens with one attached hydrogen (secondary N) is 2. The summed E-state index contributed by atoms with van der Waals surface area (Å²) in [6.45, 7) is 4.83. The molecule has 1 aliphatic heterocycles. The largest absolute Gasteiger partial charge is 0.490 e. The minimum absolute atomic E-state index is 0.111. The second kappa shape index (κ2) is 9.07. The fraction of sp³-hybridized carbons (Fsp3) is 0.348. The Balaban J connectivity index is 1.41. The van der Waals surface area contributed by atoms with Gasteiger partial charge in [0.05, 0.1) is 24.8 Å². The van der Waals surface area contributed by atoms with Crippen molar-refractivity contribution in [3.05, 3.63) is 53.7 Å². The Morgan fingerprint density at radius 3 is 2.71 bits per heavy atom. The van der Waals surface area contributed by atoms with Gasteiger partial charge in [-0.15, -0.1) is 0 Å². The van der Waals surface area contributed by atoms with E-state index in [0.717, 1.165) is 17.5 Å². The highest BCUT2D eigenvalue weighted by Gasteiger charge is 2.22. The van der Waals surface area contributed by atoms with Crippen LogP contribution in [-0.2, 0) is 9.53 Å². The molecule has 0 fully saturated rings. The lowest BCUT2D eigenvalue weighted by Gasteiger charge is -2.23. The number of H-pyrrole nitrogens is 1. The summed E-state index contributed by atoms with van der Waals surface area (Å²) in [6.07, 6.45) is 0.824. The lowest BCUT2D eigenvalue weighted by molar-refractivity contribution is -0.125. The molecule has 0 saturated heterocycles. The Morgan fingerprint density at radius 2 is 1.90 bits per heavy atom. The maximum Gasteiger partial charge on any atom is 0.359 e. The first-order valence-corrected chi connectivity index (χ1v) is 10.3. The molecule has 1 aromatic heterocycles. The zero-order valence-electron chi connectivity index (χ0n) is 17.5. The molecule has 1 amide bonds. The second-order valence-electron chi connectivity index (χ2n) is 7.74. The summed E-state index contributed by atoms with van der Waals surface area (Å²) in [5, 5.41) is 10.4. The average Bonchev–Trinajstić information content (AvgIpc) is 3.06. The van der Waals surface area contributed by atoms with Gasteiger partial charge in [0.25, 0.3) is 5.91 Å². The molecular weight excluding hydrogens is 398 g/mol. The molecule has 0 aliphatic carbocycles. The van der Waals surface area contributed by atoms with Gasteiger partial charge in [0.15, 0.2) is 23.8 Å². The highest BCUT2D eigenvalue weighted by atomic mass is 16.5. The minimum atomic E-state index is -0.649. The van der Waals surface area contributed by atoms with Gasteiger partial charge in [0.1, 0.15) is 0 Å². The number of carbonyl (C=O) groups excluding carboxylic acids is 2. The predicted molar refractivity (Wildman–Crippen MR) is 114 cm³/mol. The standard InChI is InChI=1S/C23H25N3O5/c1-14(2)21(15-8-9-18-19(12-15)30-11-5-10-29-18)24-20(27)13-31-23(28)22-16-6-3-4-7-17(16)25-26-22/h3-4,6-9,12,14,21H,5,10-11,13H2,1-2H3,(H,24,27)(H,25,26)/t21-/m0/s1. The maximum absolute atomic E-state index is 12.5. The smallest absolute Gasteiger partial charge is 0.359 e. The van der Waals surface area contributed by atoms with Gasteiger partial charge in [-0.1, -0.05) is 38.1 Å². The molecule has 8 nitrogen and oxygen atoms in total. The molecule has 1 aliphatic rings. The van der Waals surface area contributed by atoms with E-state index in [4.69, 9.17) is 14.2 Å². The Kier molecular flexibility index (Phi) is 6.06. The molecule has 1 atom stereocenters. The predicted octanol–water partition coefficient (Wildman–Crippen LogP) is 3.39. The van der Waals surface area contributed by atoms with E-state index in [-0.39, 0.29) is 23.6 Å². The summed E-state index contributed by atoms with van der Waals surface area (Å²) in [5.41, 5.74) is 1.79. The number of aromatic nitrogens is 2. The number of rotatable bonds is 6. The normalized spacial score (nSPS) is 14.2. The zero-order valence-corrected chi connectivity index (χ0v) is 17.5. The summed E-state index contributed by atoms with van der Waals surface area (Å²) in [4.78, 5) is 24.9. The van der Waals surface area contributed by atoms with E-state index in [2.05, 4.69) is 15.5 Å². The fourth-order valence-corrected chi connectivity index (χ4v) is 3.54. The van der Waals surface area contributed by atoms with E-state index in [0.29, 0.717) is 30.1 Å². The van der Waals surface area contributed by atoms with Crippen LogP contribution in [0.4, 0.5) is 0 Å². The number of aromatic amines is 1. The van der Waals surface area contributed by atoms with Crippen molar-refractivity contribution >= 4 is 22.8 Å². The molecule has 2 aromatic carbocycles. The lowest BCUT2D eigenvalue weighted by Crippen LogP contribution is -2.35. The third-order valence-electron chi connectivity index (χ3n) is 5.11. The van der Waals surface area contributed by atoms with Gasteiger partial charge in [-0.25, -0.2) is 4.79 Å². The van der Waals surface area contributed by atoms with E-state index < -0.39 is 12.6 Å². The Morgan fingerprint density at radius 1 is 1.13 bits per heavy atom. The van der Waals surface area contributed by atoms with Gasteiger partial charge in [0.2, 0.25) is 0 Å². The number of para-hydroxylation sites is 1. The number of esters is 1. The van der Waals surface area contributed by atoms with Crippen molar-refractivity contribution in [1.82, 2.24) is 15.5 Å². The van der Waals surface area contributed by atoms with Crippen LogP contribution >= 0.6 is 0 Å². The van der Waals surface area contributed by atoms with Gasteiger partial charge < -0.3 is 19.5 Å². The van der Waals surface area contributed by atoms with Crippen LogP contribution in [0.5, 0.6) is 11.5 Å². The third kappa shape index (κ3) is 4.63. The van der Waals surface area contributed by atoms with Crippen molar-refractivity contribution in [3.63, 3.8) is 0 Å². The van der Waals surface area contributed by atoms with Crippen LogP contribution in [0.2, 0.25) is 0 Å². The monoisotopic (exact) mass is 423 g/mol. The maximum atomic E-state index is 12.5. The molecule has 8 heteroatoms. The minimum Gasteiger partial charge on any atom is -0.490 e. The zero-order chi connectivity index (χ0) is 21.8. The first-order valence-electron chi connectivity index (χ1n) is 10.3. The second-order valence-corrected chi connectivity index (χ2v) is 7.74. The SMILES string of the molecule is CC(C)[C@H](NC(=O)COC(=O)c1n[nH]c2ccccc12)c1ccc2c(c1)OCCCO2. The first-order chi connectivity index (χ1) is 15.0. The van der Waals surface area contributed by atoms with Crippen molar-refractivity contribution < 1.29 is 23.8 Å². The molecule has 0 unspecified atom stereocenters.